The molecule has 2 nitrogen and oxygen atoms in total. The Morgan fingerprint density at radius 3 is 2.53 bits per heavy atom. The third kappa shape index (κ3) is 4.47. The summed E-state index contributed by atoms with van der Waals surface area (Å²) in [6, 6.07) is 3.07. The first-order valence-electron chi connectivity index (χ1n) is 4.83. The van der Waals surface area contributed by atoms with Crippen LogP contribution in [0, 0.1) is 11.8 Å². The Morgan fingerprint density at radius 1 is 1.24 bits per heavy atom. The summed E-state index contributed by atoms with van der Waals surface area (Å²) in [5.41, 5.74) is 0.533. The molecule has 17 heavy (non-hydrogen) atoms. The molecule has 0 saturated carbocycles. The maximum atomic E-state index is 11.0. The second-order valence-corrected chi connectivity index (χ2v) is 4.25. The van der Waals surface area contributed by atoms with Crippen molar-refractivity contribution in [1.29, 1.82) is 0 Å². The summed E-state index contributed by atoms with van der Waals surface area (Å²) in [6.07, 6.45) is 0.0183. The van der Waals surface area contributed by atoms with E-state index in [4.69, 9.17) is 39.5 Å². The maximum Gasteiger partial charge on any atom is 0.317 e. The van der Waals surface area contributed by atoms with E-state index in [1.54, 1.807) is 13.0 Å². The zero-order chi connectivity index (χ0) is 12.8. The molecule has 0 N–H and O–H groups in total. The van der Waals surface area contributed by atoms with E-state index >= 15 is 0 Å². The SMILES string of the molecule is CCOC(=O)CC#Cc1cc(Cl)c(Cl)cc1Cl. The van der Waals surface area contributed by atoms with Crippen LogP contribution in [-0.4, -0.2) is 12.6 Å². The molecule has 0 spiro atoms. The van der Waals surface area contributed by atoms with Gasteiger partial charge in [-0.05, 0) is 19.1 Å². The molecule has 0 aromatic heterocycles. The van der Waals surface area contributed by atoms with Gasteiger partial charge < -0.3 is 4.74 Å². The minimum absolute atomic E-state index is 0.0183. The van der Waals surface area contributed by atoms with Gasteiger partial charge in [-0.25, -0.2) is 0 Å². The lowest BCUT2D eigenvalue weighted by Crippen LogP contribution is -2.01. The third-order valence-corrected chi connectivity index (χ3v) is 2.81. The van der Waals surface area contributed by atoms with Crippen molar-refractivity contribution in [3.63, 3.8) is 0 Å². The normalized spacial score (nSPS) is 9.41. The van der Waals surface area contributed by atoms with Crippen LogP contribution in [0.3, 0.4) is 0 Å². The Kier molecular flexibility index (Phi) is 5.64. The summed E-state index contributed by atoms with van der Waals surface area (Å²) in [5, 5.41) is 1.14. The highest BCUT2D eigenvalue weighted by Crippen LogP contribution is 2.28. The van der Waals surface area contributed by atoms with Gasteiger partial charge in [0.2, 0.25) is 0 Å². The van der Waals surface area contributed by atoms with Crippen molar-refractivity contribution in [2.24, 2.45) is 0 Å². The number of carbonyl (C=O) groups excluding carboxylic acids is 1. The standard InChI is InChI=1S/C12H9Cl3O2/c1-2-17-12(16)5-3-4-8-6-10(14)11(15)7-9(8)13/h6-7H,2,5H2,1H3. The van der Waals surface area contributed by atoms with Gasteiger partial charge >= 0.3 is 5.97 Å². The molecule has 0 heterocycles. The molecule has 0 saturated heterocycles. The number of rotatable bonds is 2. The van der Waals surface area contributed by atoms with Gasteiger partial charge in [0.05, 0.1) is 21.7 Å². The fourth-order valence-electron chi connectivity index (χ4n) is 1.04. The summed E-state index contributed by atoms with van der Waals surface area (Å²) in [6.45, 7) is 2.08. The van der Waals surface area contributed by atoms with E-state index in [0.717, 1.165) is 0 Å². The minimum atomic E-state index is -0.365. The lowest BCUT2D eigenvalue weighted by Gasteiger charge is -1.99. The van der Waals surface area contributed by atoms with E-state index in [-0.39, 0.29) is 12.4 Å². The molecule has 1 aromatic rings. The lowest BCUT2D eigenvalue weighted by atomic mass is 10.2. The summed E-state index contributed by atoms with van der Waals surface area (Å²) in [4.78, 5) is 11.0. The van der Waals surface area contributed by atoms with E-state index in [9.17, 15) is 4.79 Å². The van der Waals surface area contributed by atoms with Crippen molar-refractivity contribution in [2.45, 2.75) is 13.3 Å². The molecular formula is C12H9Cl3O2. The van der Waals surface area contributed by atoms with E-state index < -0.39 is 0 Å². The first-order valence-corrected chi connectivity index (χ1v) is 5.97. The second-order valence-electron chi connectivity index (χ2n) is 3.03. The van der Waals surface area contributed by atoms with Gasteiger partial charge in [-0.1, -0.05) is 46.6 Å². The van der Waals surface area contributed by atoms with Crippen LogP contribution in [0.5, 0.6) is 0 Å². The Labute approximate surface area is 115 Å². The van der Waals surface area contributed by atoms with Gasteiger partial charge in [0.25, 0.3) is 0 Å². The van der Waals surface area contributed by atoms with Crippen molar-refractivity contribution < 1.29 is 9.53 Å². The van der Waals surface area contributed by atoms with Crippen LogP contribution in [0.4, 0.5) is 0 Å². The van der Waals surface area contributed by atoms with Crippen LogP contribution in [0.15, 0.2) is 12.1 Å². The van der Waals surface area contributed by atoms with Crippen molar-refractivity contribution >= 4 is 40.8 Å². The van der Waals surface area contributed by atoms with Gasteiger partial charge in [0.1, 0.15) is 6.42 Å². The highest BCUT2D eigenvalue weighted by atomic mass is 35.5. The van der Waals surface area contributed by atoms with Crippen LogP contribution in [-0.2, 0) is 9.53 Å². The summed E-state index contributed by atoms with van der Waals surface area (Å²) in [7, 11) is 0. The number of hydrogen-bond acceptors (Lipinski definition) is 2. The van der Waals surface area contributed by atoms with Crippen molar-refractivity contribution in [3.05, 3.63) is 32.8 Å². The first-order chi connectivity index (χ1) is 8.04. The number of ether oxygens (including phenoxy) is 1. The predicted octanol–water partition coefficient (Wildman–Crippen LogP) is 3.95. The maximum absolute atomic E-state index is 11.0. The van der Waals surface area contributed by atoms with E-state index in [2.05, 4.69) is 11.8 Å². The van der Waals surface area contributed by atoms with E-state index in [0.29, 0.717) is 27.2 Å². The molecule has 0 radical (unpaired) electrons. The predicted molar refractivity (Wildman–Crippen MR) is 69.6 cm³/mol. The highest BCUT2D eigenvalue weighted by molar-refractivity contribution is 6.43. The number of hydrogen-bond donors (Lipinski definition) is 0. The molecule has 1 aromatic carbocycles. The van der Waals surface area contributed by atoms with Crippen molar-refractivity contribution in [1.82, 2.24) is 0 Å². The van der Waals surface area contributed by atoms with E-state index in [1.807, 2.05) is 0 Å². The average molecular weight is 292 g/mol. The quantitative estimate of drug-likeness (QED) is 0.468. The molecule has 0 amide bonds. The minimum Gasteiger partial charge on any atom is -0.465 e. The third-order valence-electron chi connectivity index (χ3n) is 1.77. The number of halogens is 3. The van der Waals surface area contributed by atoms with Crippen LogP contribution in [0.1, 0.15) is 18.9 Å². The Bertz CT molecular complexity index is 487. The summed E-state index contributed by atoms with van der Waals surface area (Å²) >= 11 is 17.5. The summed E-state index contributed by atoms with van der Waals surface area (Å²) in [5.74, 6) is 5.04. The number of benzene rings is 1. The average Bonchev–Trinajstić information content (AvgIpc) is 2.26. The molecule has 5 heteroatoms. The number of carbonyl (C=O) groups is 1. The largest absolute Gasteiger partial charge is 0.465 e. The summed E-state index contributed by atoms with van der Waals surface area (Å²) < 4.78 is 4.73. The number of esters is 1. The lowest BCUT2D eigenvalue weighted by molar-refractivity contribution is -0.141. The van der Waals surface area contributed by atoms with Crippen LogP contribution in [0.2, 0.25) is 15.1 Å². The van der Waals surface area contributed by atoms with Crippen LogP contribution < -0.4 is 0 Å². The van der Waals surface area contributed by atoms with Gasteiger partial charge in [-0.15, -0.1) is 0 Å². The monoisotopic (exact) mass is 290 g/mol. The molecule has 0 atom stereocenters. The van der Waals surface area contributed by atoms with Crippen LogP contribution >= 0.6 is 34.8 Å². The fraction of sp³-hybridized carbons (Fsp3) is 0.250. The first kappa shape index (κ1) is 14.2. The Hall–Kier alpha value is -0.880. The second kappa shape index (κ2) is 6.76. The zero-order valence-electron chi connectivity index (χ0n) is 9.02. The fourth-order valence-corrected chi connectivity index (χ4v) is 1.64. The molecule has 90 valence electrons. The Balaban J connectivity index is 2.79. The molecular weight excluding hydrogens is 282 g/mol. The van der Waals surface area contributed by atoms with Crippen LogP contribution in [0.25, 0.3) is 0 Å². The van der Waals surface area contributed by atoms with Gasteiger partial charge in [0, 0.05) is 5.56 Å². The van der Waals surface area contributed by atoms with E-state index in [1.165, 1.54) is 6.07 Å². The molecule has 0 aliphatic heterocycles. The van der Waals surface area contributed by atoms with Gasteiger partial charge in [0.15, 0.2) is 0 Å². The molecule has 0 bridgehead atoms. The molecule has 0 aliphatic rings. The molecule has 0 fully saturated rings. The van der Waals surface area contributed by atoms with Crippen molar-refractivity contribution in [2.75, 3.05) is 6.61 Å². The van der Waals surface area contributed by atoms with Gasteiger partial charge in [-0.3, -0.25) is 4.79 Å². The van der Waals surface area contributed by atoms with Gasteiger partial charge in [-0.2, -0.15) is 0 Å². The zero-order valence-corrected chi connectivity index (χ0v) is 11.3. The molecule has 0 aliphatic carbocycles. The molecule has 0 unspecified atom stereocenters. The Morgan fingerprint density at radius 2 is 1.88 bits per heavy atom. The van der Waals surface area contributed by atoms with Crippen molar-refractivity contribution in [3.8, 4) is 11.8 Å². The molecule has 1 rings (SSSR count). The smallest absolute Gasteiger partial charge is 0.317 e. The highest BCUT2D eigenvalue weighted by Gasteiger charge is 2.04. The topological polar surface area (TPSA) is 26.3 Å².